The van der Waals surface area contributed by atoms with Gasteiger partial charge < -0.3 is 10.1 Å². The Balaban J connectivity index is 1.43. The van der Waals surface area contributed by atoms with E-state index in [-0.39, 0.29) is 29.1 Å². The largest absolute Gasteiger partial charge is 0.444 e. The number of amides is 2. The van der Waals surface area contributed by atoms with Crippen molar-refractivity contribution in [3.63, 3.8) is 0 Å². The number of likely N-dealkylation sites (tertiary alicyclic amines) is 1. The number of hydrogen-bond acceptors (Lipinski definition) is 3. The predicted molar refractivity (Wildman–Crippen MR) is 104 cm³/mol. The van der Waals surface area contributed by atoms with E-state index in [2.05, 4.69) is 5.32 Å². The maximum absolute atomic E-state index is 14.3. The van der Waals surface area contributed by atoms with Gasteiger partial charge in [-0.05, 0) is 70.1 Å². The molecule has 2 saturated carbocycles. The van der Waals surface area contributed by atoms with Gasteiger partial charge in [0.2, 0.25) is 5.91 Å². The molecule has 8 heteroatoms. The van der Waals surface area contributed by atoms with Crippen molar-refractivity contribution >= 4 is 23.6 Å². The van der Waals surface area contributed by atoms with Crippen molar-refractivity contribution in [1.29, 1.82) is 0 Å². The number of ether oxygens (including phenoxy) is 1. The zero-order valence-corrected chi connectivity index (χ0v) is 17.5. The number of nitrogens with zero attached hydrogens (tertiary/aromatic N) is 1. The Morgan fingerprint density at radius 3 is 2.55 bits per heavy atom. The summed E-state index contributed by atoms with van der Waals surface area (Å²) in [6.07, 6.45) is 2.32. The molecular weight excluding hydrogens is 402 g/mol. The number of carbonyl (C=O) groups excluding carboxylic acids is 2. The normalized spacial score (nSPS) is 26.7. The summed E-state index contributed by atoms with van der Waals surface area (Å²) in [6, 6.07) is 1.56. The highest BCUT2D eigenvalue weighted by Gasteiger charge is 2.57. The van der Waals surface area contributed by atoms with Crippen LogP contribution in [0.3, 0.4) is 0 Å². The molecule has 158 valence electrons. The minimum atomic E-state index is -0.673. The molecule has 0 unspecified atom stereocenters. The molecule has 1 saturated heterocycles. The van der Waals surface area contributed by atoms with Gasteiger partial charge in [-0.25, -0.2) is 13.6 Å². The summed E-state index contributed by atoms with van der Waals surface area (Å²) < 4.78 is 33.7. The van der Waals surface area contributed by atoms with Gasteiger partial charge in [0.1, 0.15) is 23.3 Å². The molecule has 1 aromatic rings. The lowest BCUT2D eigenvalue weighted by atomic mass is 9.95. The van der Waals surface area contributed by atoms with Crippen LogP contribution in [0, 0.1) is 17.6 Å². The molecule has 0 radical (unpaired) electrons. The average molecular weight is 427 g/mol. The molecule has 1 heterocycles. The predicted octanol–water partition coefficient (Wildman–Crippen LogP) is 4.16. The van der Waals surface area contributed by atoms with Crippen molar-refractivity contribution in [2.24, 2.45) is 5.92 Å². The van der Waals surface area contributed by atoms with E-state index in [0.717, 1.165) is 18.6 Å². The Labute approximate surface area is 173 Å². The van der Waals surface area contributed by atoms with Gasteiger partial charge in [0.05, 0.1) is 5.02 Å². The number of rotatable bonds is 4. The number of halogens is 3. The fraction of sp³-hybridized carbons (Fsp3) is 0.619. The Hall–Kier alpha value is -1.89. The fourth-order valence-electron chi connectivity index (χ4n) is 4.26. The number of nitrogens with one attached hydrogen (secondary N) is 1. The monoisotopic (exact) mass is 426 g/mol. The van der Waals surface area contributed by atoms with Crippen molar-refractivity contribution in [2.75, 3.05) is 6.54 Å². The van der Waals surface area contributed by atoms with Crippen LogP contribution in [0.1, 0.15) is 52.0 Å². The number of piperidine rings is 1. The zero-order valence-electron chi connectivity index (χ0n) is 16.7. The smallest absolute Gasteiger partial charge is 0.411 e. The Morgan fingerprint density at radius 2 is 1.93 bits per heavy atom. The van der Waals surface area contributed by atoms with Gasteiger partial charge >= 0.3 is 6.09 Å². The van der Waals surface area contributed by atoms with E-state index >= 15 is 0 Å². The third-order valence-corrected chi connectivity index (χ3v) is 6.34. The molecule has 2 aliphatic carbocycles. The van der Waals surface area contributed by atoms with Gasteiger partial charge in [0, 0.05) is 18.0 Å². The summed E-state index contributed by atoms with van der Waals surface area (Å²) in [4.78, 5) is 27.0. The molecule has 1 aliphatic heterocycles. The second-order valence-electron chi connectivity index (χ2n) is 9.45. The van der Waals surface area contributed by atoms with Crippen molar-refractivity contribution in [3.8, 4) is 0 Å². The summed E-state index contributed by atoms with van der Waals surface area (Å²) in [5.41, 5.74) is -1.03. The minimum Gasteiger partial charge on any atom is -0.444 e. The molecular formula is C21H25ClF2N2O3. The standard InChI is InChI=1S/C21H25ClF2N2O3/c1-20(2,3)29-19(28)26-16-6-11(16)7-17(26)18(27)25-10-21(4-5-21)12-8-15(24)13(22)9-14(12)23/h8-9,11,16-17H,4-7,10H2,1-3H3,(H,25,27)/t11-,16-,17-/m1/s1. The summed E-state index contributed by atoms with van der Waals surface area (Å²) in [6.45, 7) is 5.56. The van der Waals surface area contributed by atoms with E-state index in [1.165, 1.54) is 0 Å². The first-order valence-corrected chi connectivity index (χ1v) is 10.3. The molecule has 3 fully saturated rings. The third kappa shape index (κ3) is 3.93. The first-order valence-electron chi connectivity index (χ1n) is 9.95. The molecule has 5 nitrogen and oxygen atoms in total. The van der Waals surface area contributed by atoms with Crippen LogP contribution < -0.4 is 5.32 Å². The Kier molecular flexibility index (Phi) is 4.80. The van der Waals surface area contributed by atoms with Gasteiger partial charge in [-0.15, -0.1) is 0 Å². The lowest BCUT2D eigenvalue weighted by molar-refractivity contribution is -0.126. The van der Waals surface area contributed by atoms with Crippen LogP contribution in [0.25, 0.3) is 0 Å². The first-order chi connectivity index (χ1) is 13.5. The number of hydrogen-bond donors (Lipinski definition) is 1. The van der Waals surface area contributed by atoms with E-state index in [0.29, 0.717) is 25.2 Å². The minimum absolute atomic E-state index is 0.0540. The summed E-state index contributed by atoms with van der Waals surface area (Å²) in [7, 11) is 0. The molecule has 3 atom stereocenters. The maximum atomic E-state index is 14.3. The van der Waals surface area contributed by atoms with Crippen LogP contribution in [0.5, 0.6) is 0 Å². The van der Waals surface area contributed by atoms with E-state index in [4.69, 9.17) is 16.3 Å². The highest BCUT2D eigenvalue weighted by atomic mass is 35.5. The van der Waals surface area contributed by atoms with Gasteiger partial charge in [0.15, 0.2) is 0 Å². The van der Waals surface area contributed by atoms with Crippen molar-refractivity contribution in [2.45, 2.75) is 69.6 Å². The SMILES string of the molecule is CC(C)(C)OC(=O)N1[C@@H](C(=O)NCC2(c3cc(F)c(Cl)cc3F)CC2)C[C@H]2C[C@H]21. The van der Waals surface area contributed by atoms with Crippen LogP contribution >= 0.6 is 11.6 Å². The van der Waals surface area contributed by atoms with Crippen LogP contribution in [0.15, 0.2) is 12.1 Å². The van der Waals surface area contributed by atoms with Crippen molar-refractivity contribution in [3.05, 3.63) is 34.4 Å². The molecule has 1 aromatic carbocycles. The molecule has 0 spiro atoms. The zero-order chi connectivity index (χ0) is 21.1. The molecule has 2 amide bonds. The molecule has 4 rings (SSSR count). The third-order valence-electron chi connectivity index (χ3n) is 6.05. The molecule has 1 N–H and O–H groups in total. The molecule has 29 heavy (non-hydrogen) atoms. The van der Waals surface area contributed by atoms with E-state index < -0.39 is 34.8 Å². The van der Waals surface area contributed by atoms with Crippen LogP contribution in [-0.4, -0.2) is 41.1 Å². The second kappa shape index (κ2) is 6.83. The number of fused-ring (bicyclic) bond motifs is 1. The van der Waals surface area contributed by atoms with E-state index in [9.17, 15) is 18.4 Å². The average Bonchev–Trinajstić information content (AvgIpc) is 3.52. The number of carbonyl (C=O) groups is 2. The number of benzene rings is 1. The Bertz CT molecular complexity index is 866. The summed E-state index contributed by atoms with van der Waals surface area (Å²) in [5, 5.41) is 2.61. The molecule has 0 bridgehead atoms. The molecule has 0 aromatic heterocycles. The molecule has 3 aliphatic rings. The lowest BCUT2D eigenvalue weighted by Gasteiger charge is -2.30. The van der Waals surface area contributed by atoms with Gasteiger partial charge in [-0.2, -0.15) is 0 Å². The van der Waals surface area contributed by atoms with Crippen LogP contribution in [0.2, 0.25) is 5.02 Å². The van der Waals surface area contributed by atoms with Crippen LogP contribution in [-0.2, 0) is 14.9 Å². The maximum Gasteiger partial charge on any atom is 0.411 e. The topological polar surface area (TPSA) is 58.6 Å². The van der Waals surface area contributed by atoms with Crippen LogP contribution in [0.4, 0.5) is 13.6 Å². The lowest BCUT2D eigenvalue weighted by Crippen LogP contribution is -2.50. The fourth-order valence-corrected chi connectivity index (χ4v) is 4.41. The van der Waals surface area contributed by atoms with Gasteiger partial charge in [-0.3, -0.25) is 9.69 Å². The quantitative estimate of drug-likeness (QED) is 0.735. The first kappa shape index (κ1) is 20.4. The highest BCUT2D eigenvalue weighted by Crippen LogP contribution is 2.50. The van der Waals surface area contributed by atoms with Gasteiger partial charge in [0.25, 0.3) is 0 Å². The van der Waals surface area contributed by atoms with E-state index in [1.807, 2.05) is 0 Å². The summed E-state index contributed by atoms with van der Waals surface area (Å²) in [5.74, 6) is -1.19. The van der Waals surface area contributed by atoms with E-state index in [1.54, 1.807) is 25.7 Å². The Morgan fingerprint density at radius 1 is 1.24 bits per heavy atom. The second-order valence-corrected chi connectivity index (χ2v) is 9.85. The van der Waals surface area contributed by atoms with Gasteiger partial charge in [-0.1, -0.05) is 11.6 Å². The summed E-state index contributed by atoms with van der Waals surface area (Å²) >= 11 is 5.65. The highest BCUT2D eigenvalue weighted by molar-refractivity contribution is 6.30. The van der Waals surface area contributed by atoms with Crippen molar-refractivity contribution < 1.29 is 23.1 Å². The van der Waals surface area contributed by atoms with Crippen molar-refractivity contribution in [1.82, 2.24) is 10.2 Å².